The van der Waals surface area contributed by atoms with Crippen LogP contribution in [-0.2, 0) is 6.42 Å². The van der Waals surface area contributed by atoms with Gasteiger partial charge in [0.15, 0.2) is 5.78 Å². The number of pyridine rings is 1. The zero-order chi connectivity index (χ0) is 16.5. The molecule has 4 rings (SSSR count). The number of aromatic nitrogens is 1. The SMILES string of the molecule is CN(CCc1ccccn1)c1ccc2c(c1)C(=O)c1ccccc1-2. The van der Waals surface area contributed by atoms with Gasteiger partial charge in [0.1, 0.15) is 0 Å². The molecule has 3 aromatic rings. The predicted molar refractivity (Wildman–Crippen MR) is 96.5 cm³/mol. The third kappa shape index (κ3) is 2.48. The maximum Gasteiger partial charge on any atom is 0.194 e. The standard InChI is InChI=1S/C21H18N2O/c1-23(13-11-15-6-4-5-12-22-15)16-9-10-18-17-7-2-3-8-19(17)21(24)20(18)14-16/h2-10,12,14H,11,13H2,1H3. The molecule has 3 nitrogen and oxygen atoms in total. The monoisotopic (exact) mass is 314 g/mol. The van der Waals surface area contributed by atoms with Crippen LogP contribution in [0, 0.1) is 0 Å². The fourth-order valence-electron chi connectivity index (χ4n) is 3.21. The van der Waals surface area contributed by atoms with Crippen LogP contribution < -0.4 is 4.90 Å². The molecular formula is C21H18N2O. The highest BCUT2D eigenvalue weighted by Crippen LogP contribution is 2.38. The summed E-state index contributed by atoms with van der Waals surface area (Å²) < 4.78 is 0. The molecule has 0 saturated carbocycles. The highest BCUT2D eigenvalue weighted by Gasteiger charge is 2.26. The van der Waals surface area contributed by atoms with Crippen molar-refractivity contribution < 1.29 is 4.79 Å². The van der Waals surface area contributed by atoms with Gasteiger partial charge >= 0.3 is 0 Å². The predicted octanol–water partition coefficient (Wildman–Crippen LogP) is 3.97. The smallest absolute Gasteiger partial charge is 0.194 e. The first-order chi connectivity index (χ1) is 11.7. The molecule has 1 aliphatic carbocycles. The molecule has 3 heteroatoms. The second kappa shape index (κ2) is 5.93. The molecule has 0 atom stereocenters. The number of carbonyl (C=O) groups excluding carboxylic acids is 1. The molecular weight excluding hydrogens is 296 g/mol. The zero-order valence-electron chi connectivity index (χ0n) is 13.6. The summed E-state index contributed by atoms with van der Waals surface area (Å²) in [6, 6.07) is 20.0. The van der Waals surface area contributed by atoms with E-state index in [2.05, 4.69) is 29.1 Å². The van der Waals surface area contributed by atoms with Gasteiger partial charge in [-0.1, -0.05) is 36.4 Å². The van der Waals surface area contributed by atoms with Crippen molar-refractivity contribution in [2.24, 2.45) is 0 Å². The Morgan fingerprint density at radius 3 is 2.42 bits per heavy atom. The van der Waals surface area contributed by atoms with Crippen molar-refractivity contribution in [2.45, 2.75) is 6.42 Å². The Hall–Kier alpha value is -2.94. The summed E-state index contributed by atoms with van der Waals surface area (Å²) in [7, 11) is 2.05. The number of hydrogen-bond acceptors (Lipinski definition) is 3. The first-order valence-corrected chi connectivity index (χ1v) is 8.13. The molecule has 0 unspecified atom stereocenters. The van der Waals surface area contributed by atoms with Crippen molar-refractivity contribution in [3.63, 3.8) is 0 Å². The van der Waals surface area contributed by atoms with Crippen molar-refractivity contribution in [1.82, 2.24) is 4.98 Å². The van der Waals surface area contributed by atoms with E-state index in [9.17, 15) is 4.79 Å². The molecule has 0 fully saturated rings. The van der Waals surface area contributed by atoms with Crippen LogP contribution in [0.25, 0.3) is 11.1 Å². The van der Waals surface area contributed by atoms with E-state index in [0.717, 1.165) is 46.6 Å². The fraction of sp³-hybridized carbons (Fsp3) is 0.143. The van der Waals surface area contributed by atoms with Gasteiger partial charge < -0.3 is 4.90 Å². The molecule has 0 amide bonds. The first-order valence-electron chi connectivity index (χ1n) is 8.13. The second-order valence-corrected chi connectivity index (χ2v) is 6.10. The summed E-state index contributed by atoms with van der Waals surface area (Å²) in [5, 5.41) is 0. The molecule has 0 bridgehead atoms. The van der Waals surface area contributed by atoms with E-state index >= 15 is 0 Å². The van der Waals surface area contributed by atoms with Gasteiger partial charge in [0.25, 0.3) is 0 Å². The van der Waals surface area contributed by atoms with Crippen LogP contribution in [0.1, 0.15) is 21.6 Å². The average molecular weight is 314 g/mol. The molecule has 24 heavy (non-hydrogen) atoms. The van der Waals surface area contributed by atoms with Crippen LogP contribution in [0.4, 0.5) is 5.69 Å². The van der Waals surface area contributed by atoms with Gasteiger partial charge in [-0.25, -0.2) is 0 Å². The molecule has 1 aliphatic rings. The van der Waals surface area contributed by atoms with Crippen LogP contribution in [-0.4, -0.2) is 24.4 Å². The quantitative estimate of drug-likeness (QED) is 0.571. The minimum atomic E-state index is 0.126. The molecule has 0 spiro atoms. The minimum Gasteiger partial charge on any atom is -0.374 e. The number of likely N-dealkylation sites (N-methyl/N-ethyl adjacent to an activating group) is 1. The van der Waals surface area contributed by atoms with Crippen molar-refractivity contribution >= 4 is 11.5 Å². The molecule has 0 aliphatic heterocycles. The summed E-state index contributed by atoms with van der Waals surface area (Å²) in [4.78, 5) is 19.1. The van der Waals surface area contributed by atoms with Gasteiger partial charge in [-0.3, -0.25) is 9.78 Å². The molecule has 0 N–H and O–H groups in total. The van der Waals surface area contributed by atoms with E-state index in [-0.39, 0.29) is 5.78 Å². The van der Waals surface area contributed by atoms with E-state index in [4.69, 9.17) is 0 Å². The lowest BCUT2D eigenvalue weighted by Crippen LogP contribution is -2.20. The molecule has 1 heterocycles. The maximum absolute atomic E-state index is 12.6. The number of rotatable bonds is 4. The van der Waals surface area contributed by atoms with Gasteiger partial charge in [-0.2, -0.15) is 0 Å². The Balaban J connectivity index is 1.57. The third-order valence-electron chi connectivity index (χ3n) is 4.58. The van der Waals surface area contributed by atoms with Crippen LogP contribution in [0.2, 0.25) is 0 Å². The number of benzene rings is 2. The topological polar surface area (TPSA) is 33.2 Å². The Morgan fingerprint density at radius 2 is 1.62 bits per heavy atom. The van der Waals surface area contributed by atoms with Crippen molar-refractivity contribution in [3.05, 3.63) is 83.7 Å². The van der Waals surface area contributed by atoms with Crippen molar-refractivity contribution in [1.29, 1.82) is 0 Å². The lowest BCUT2D eigenvalue weighted by Gasteiger charge is -2.20. The number of anilines is 1. The molecule has 0 saturated heterocycles. The van der Waals surface area contributed by atoms with Crippen LogP contribution in [0.5, 0.6) is 0 Å². The highest BCUT2D eigenvalue weighted by atomic mass is 16.1. The minimum absolute atomic E-state index is 0.126. The lowest BCUT2D eigenvalue weighted by atomic mass is 10.1. The largest absolute Gasteiger partial charge is 0.374 e. The fourth-order valence-corrected chi connectivity index (χ4v) is 3.21. The summed E-state index contributed by atoms with van der Waals surface area (Å²) in [5.74, 6) is 0.126. The van der Waals surface area contributed by atoms with Crippen LogP contribution in [0.3, 0.4) is 0 Å². The highest BCUT2D eigenvalue weighted by molar-refractivity contribution is 6.22. The Morgan fingerprint density at radius 1 is 0.875 bits per heavy atom. The number of nitrogens with zero attached hydrogens (tertiary/aromatic N) is 2. The maximum atomic E-state index is 12.6. The number of carbonyl (C=O) groups is 1. The molecule has 118 valence electrons. The van der Waals surface area contributed by atoms with Gasteiger partial charge in [0.2, 0.25) is 0 Å². The van der Waals surface area contributed by atoms with Crippen LogP contribution in [0.15, 0.2) is 66.9 Å². The summed E-state index contributed by atoms with van der Waals surface area (Å²) >= 11 is 0. The van der Waals surface area contributed by atoms with Crippen molar-refractivity contribution in [2.75, 3.05) is 18.5 Å². The average Bonchev–Trinajstić information content (AvgIpc) is 2.93. The zero-order valence-corrected chi connectivity index (χ0v) is 13.6. The van der Waals surface area contributed by atoms with Crippen molar-refractivity contribution in [3.8, 4) is 11.1 Å². The molecule has 2 aromatic carbocycles. The molecule has 0 radical (unpaired) electrons. The van der Waals surface area contributed by atoms with Gasteiger partial charge in [-0.15, -0.1) is 0 Å². The Labute approximate surface area is 141 Å². The third-order valence-corrected chi connectivity index (χ3v) is 4.58. The van der Waals surface area contributed by atoms with Gasteiger partial charge in [0, 0.05) is 48.7 Å². The number of ketones is 1. The second-order valence-electron chi connectivity index (χ2n) is 6.10. The lowest BCUT2D eigenvalue weighted by molar-refractivity contribution is 0.104. The first kappa shape index (κ1) is 14.6. The number of fused-ring (bicyclic) bond motifs is 3. The van der Waals surface area contributed by atoms with E-state index in [1.165, 1.54) is 0 Å². The summed E-state index contributed by atoms with van der Waals surface area (Å²) in [6.45, 7) is 0.858. The number of hydrogen-bond donors (Lipinski definition) is 0. The van der Waals surface area contributed by atoms with E-state index in [0.29, 0.717) is 0 Å². The summed E-state index contributed by atoms with van der Waals surface area (Å²) in [5.41, 5.74) is 5.83. The van der Waals surface area contributed by atoms with E-state index < -0.39 is 0 Å². The molecule has 1 aromatic heterocycles. The van der Waals surface area contributed by atoms with E-state index in [1.807, 2.05) is 54.7 Å². The van der Waals surface area contributed by atoms with Gasteiger partial charge in [-0.05, 0) is 35.4 Å². The normalized spacial score (nSPS) is 12.0. The van der Waals surface area contributed by atoms with E-state index in [1.54, 1.807) is 0 Å². The summed E-state index contributed by atoms with van der Waals surface area (Å²) in [6.07, 6.45) is 2.70. The Kier molecular flexibility index (Phi) is 3.62. The van der Waals surface area contributed by atoms with Gasteiger partial charge in [0.05, 0.1) is 0 Å². The Bertz CT molecular complexity index is 903. The van der Waals surface area contributed by atoms with Crippen LogP contribution >= 0.6 is 0 Å².